The topological polar surface area (TPSA) is 100 Å². The van der Waals surface area contributed by atoms with Crippen molar-refractivity contribution in [3.05, 3.63) is 82.6 Å². The molecule has 2 amide bonds. The third-order valence-electron chi connectivity index (χ3n) is 4.10. The number of carbonyl (C=O) groups excluding carboxylic acids is 2. The van der Waals surface area contributed by atoms with E-state index in [0.717, 1.165) is 5.56 Å². The zero-order valence-corrected chi connectivity index (χ0v) is 15.9. The predicted octanol–water partition coefficient (Wildman–Crippen LogP) is 2.81. The van der Waals surface area contributed by atoms with Crippen LogP contribution in [0, 0.1) is 0 Å². The molecular weight excluding hydrogens is 370 g/mol. The molecule has 0 aliphatic heterocycles. The van der Waals surface area contributed by atoms with E-state index in [1.807, 2.05) is 37.3 Å². The van der Waals surface area contributed by atoms with Crippen LogP contribution in [0.25, 0.3) is 11.3 Å². The van der Waals surface area contributed by atoms with Crippen LogP contribution in [0.2, 0.25) is 0 Å². The van der Waals surface area contributed by atoms with Gasteiger partial charge in [0.1, 0.15) is 11.3 Å². The molecule has 29 heavy (non-hydrogen) atoms. The molecule has 0 atom stereocenters. The van der Waals surface area contributed by atoms with Gasteiger partial charge >= 0.3 is 0 Å². The zero-order valence-electron chi connectivity index (χ0n) is 15.9. The summed E-state index contributed by atoms with van der Waals surface area (Å²) in [7, 11) is 0. The molecule has 2 aromatic carbocycles. The van der Waals surface area contributed by atoms with Crippen LogP contribution in [0.5, 0.6) is 5.75 Å². The smallest absolute Gasteiger partial charge is 0.261 e. The van der Waals surface area contributed by atoms with E-state index in [1.54, 1.807) is 30.3 Å². The Bertz CT molecular complexity index is 1040. The van der Waals surface area contributed by atoms with E-state index in [1.165, 1.54) is 6.07 Å². The van der Waals surface area contributed by atoms with Crippen molar-refractivity contribution in [2.24, 2.45) is 0 Å². The minimum absolute atomic E-state index is 0.0569. The number of hydrogen-bond donors (Lipinski definition) is 3. The molecule has 0 aliphatic rings. The molecule has 0 saturated carbocycles. The average Bonchev–Trinajstić information content (AvgIpc) is 2.74. The van der Waals surface area contributed by atoms with Gasteiger partial charge in [-0.25, -0.2) is 0 Å². The van der Waals surface area contributed by atoms with Gasteiger partial charge in [0, 0.05) is 11.4 Å². The van der Waals surface area contributed by atoms with Crippen LogP contribution in [0.4, 0.5) is 5.69 Å². The number of nitrogens with one attached hydrogen (secondary N) is 3. The largest absolute Gasteiger partial charge is 0.494 e. The minimum Gasteiger partial charge on any atom is -0.494 e. The van der Waals surface area contributed by atoms with Crippen LogP contribution in [-0.2, 0) is 4.79 Å². The van der Waals surface area contributed by atoms with E-state index in [9.17, 15) is 14.4 Å². The highest BCUT2D eigenvalue weighted by Crippen LogP contribution is 2.16. The van der Waals surface area contributed by atoms with E-state index in [2.05, 4.69) is 15.6 Å². The number of aromatic amines is 1. The van der Waals surface area contributed by atoms with Crippen molar-refractivity contribution < 1.29 is 14.3 Å². The Morgan fingerprint density at radius 3 is 2.34 bits per heavy atom. The average molecular weight is 391 g/mol. The molecule has 0 unspecified atom stereocenters. The SMILES string of the molecule is CCOc1ccc(NC(=O)CNC(=O)c2ccc(-c3ccccc3)[nH]c2=O)cc1. The Labute approximate surface area is 167 Å². The van der Waals surface area contributed by atoms with E-state index in [4.69, 9.17) is 4.74 Å². The molecule has 0 bridgehead atoms. The normalized spacial score (nSPS) is 10.2. The molecule has 0 radical (unpaired) electrons. The Kier molecular flexibility index (Phi) is 6.42. The quantitative estimate of drug-likeness (QED) is 0.577. The molecular formula is C22H21N3O4. The summed E-state index contributed by atoms with van der Waals surface area (Å²) in [5, 5.41) is 5.12. The molecule has 0 saturated heterocycles. The van der Waals surface area contributed by atoms with Crippen LogP contribution in [-0.4, -0.2) is 29.9 Å². The number of ether oxygens (including phenoxy) is 1. The van der Waals surface area contributed by atoms with Gasteiger partial charge in [0.15, 0.2) is 0 Å². The second-order valence-corrected chi connectivity index (χ2v) is 6.17. The van der Waals surface area contributed by atoms with Gasteiger partial charge in [0.2, 0.25) is 5.91 Å². The van der Waals surface area contributed by atoms with Crippen LogP contribution in [0.3, 0.4) is 0 Å². The Hall–Kier alpha value is -3.87. The van der Waals surface area contributed by atoms with Crippen molar-refractivity contribution in [2.75, 3.05) is 18.5 Å². The van der Waals surface area contributed by atoms with Gasteiger partial charge in [-0.15, -0.1) is 0 Å². The van der Waals surface area contributed by atoms with Gasteiger partial charge in [-0.05, 0) is 48.9 Å². The number of pyridine rings is 1. The van der Waals surface area contributed by atoms with E-state index < -0.39 is 17.4 Å². The molecule has 3 aromatic rings. The number of amides is 2. The Balaban J connectivity index is 1.57. The van der Waals surface area contributed by atoms with E-state index >= 15 is 0 Å². The lowest BCUT2D eigenvalue weighted by atomic mass is 10.1. The summed E-state index contributed by atoms with van der Waals surface area (Å²) < 4.78 is 5.34. The summed E-state index contributed by atoms with van der Waals surface area (Å²) in [6, 6.07) is 19.3. The maximum Gasteiger partial charge on any atom is 0.261 e. The van der Waals surface area contributed by atoms with Crippen molar-refractivity contribution in [3.8, 4) is 17.0 Å². The fourth-order valence-corrected chi connectivity index (χ4v) is 2.70. The lowest BCUT2D eigenvalue weighted by molar-refractivity contribution is -0.115. The number of carbonyl (C=O) groups is 2. The highest BCUT2D eigenvalue weighted by atomic mass is 16.5. The van der Waals surface area contributed by atoms with Crippen molar-refractivity contribution in [1.82, 2.24) is 10.3 Å². The molecule has 3 N–H and O–H groups in total. The first kappa shape index (κ1) is 19.9. The van der Waals surface area contributed by atoms with Gasteiger partial charge in [0.05, 0.1) is 13.2 Å². The Morgan fingerprint density at radius 1 is 0.966 bits per heavy atom. The minimum atomic E-state index is -0.618. The fourth-order valence-electron chi connectivity index (χ4n) is 2.70. The summed E-state index contributed by atoms with van der Waals surface area (Å²) in [4.78, 5) is 39.2. The zero-order chi connectivity index (χ0) is 20.6. The molecule has 7 heteroatoms. The van der Waals surface area contributed by atoms with Crippen LogP contribution < -0.4 is 20.9 Å². The molecule has 0 aliphatic carbocycles. The molecule has 1 aromatic heterocycles. The molecule has 1 heterocycles. The standard InChI is InChI=1S/C22H21N3O4/c1-2-29-17-10-8-16(9-11-17)24-20(26)14-23-21(27)18-12-13-19(25-22(18)28)15-6-4-3-5-7-15/h3-13H,2,14H2,1H3,(H,23,27)(H,24,26)(H,25,28). The maximum absolute atomic E-state index is 12.3. The number of H-pyrrole nitrogens is 1. The number of rotatable bonds is 7. The lowest BCUT2D eigenvalue weighted by Crippen LogP contribution is -2.35. The number of anilines is 1. The van der Waals surface area contributed by atoms with Crippen LogP contribution >= 0.6 is 0 Å². The number of hydrogen-bond acceptors (Lipinski definition) is 4. The number of benzene rings is 2. The molecule has 7 nitrogen and oxygen atoms in total. The fraction of sp³-hybridized carbons (Fsp3) is 0.136. The van der Waals surface area contributed by atoms with Gasteiger partial charge in [-0.1, -0.05) is 30.3 Å². The first-order valence-electron chi connectivity index (χ1n) is 9.16. The number of aromatic nitrogens is 1. The first-order chi connectivity index (χ1) is 14.1. The summed E-state index contributed by atoms with van der Waals surface area (Å²) in [5.41, 5.74) is 1.46. The van der Waals surface area contributed by atoms with Crippen molar-refractivity contribution >= 4 is 17.5 Å². The third-order valence-corrected chi connectivity index (χ3v) is 4.10. The van der Waals surface area contributed by atoms with Crippen molar-refractivity contribution in [2.45, 2.75) is 6.92 Å². The van der Waals surface area contributed by atoms with Crippen LogP contribution in [0.15, 0.2) is 71.5 Å². The van der Waals surface area contributed by atoms with Gasteiger partial charge in [-0.2, -0.15) is 0 Å². The summed E-state index contributed by atoms with van der Waals surface area (Å²) >= 11 is 0. The predicted molar refractivity (Wildman–Crippen MR) is 111 cm³/mol. The van der Waals surface area contributed by atoms with Crippen molar-refractivity contribution in [1.29, 1.82) is 0 Å². The van der Waals surface area contributed by atoms with E-state index in [-0.39, 0.29) is 12.1 Å². The monoisotopic (exact) mass is 391 g/mol. The van der Waals surface area contributed by atoms with Gasteiger partial charge in [-0.3, -0.25) is 14.4 Å². The Morgan fingerprint density at radius 2 is 1.69 bits per heavy atom. The van der Waals surface area contributed by atoms with Gasteiger partial charge < -0.3 is 20.4 Å². The lowest BCUT2D eigenvalue weighted by Gasteiger charge is -2.08. The first-order valence-corrected chi connectivity index (χ1v) is 9.16. The summed E-state index contributed by atoms with van der Waals surface area (Å²) in [6.45, 7) is 2.19. The van der Waals surface area contributed by atoms with Crippen molar-refractivity contribution in [3.63, 3.8) is 0 Å². The third kappa shape index (κ3) is 5.32. The molecule has 0 fully saturated rings. The molecule has 3 rings (SSSR count). The highest BCUT2D eigenvalue weighted by Gasteiger charge is 2.13. The second kappa shape index (κ2) is 9.36. The highest BCUT2D eigenvalue weighted by molar-refractivity contribution is 5.99. The molecule has 0 spiro atoms. The van der Waals surface area contributed by atoms with E-state index in [0.29, 0.717) is 23.7 Å². The summed E-state index contributed by atoms with van der Waals surface area (Å²) in [6.07, 6.45) is 0. The molecule has 148 valence electrons. The maximum atomic E-state index is 12.3. The van der Waals surface area contributed by atoms with Gasteiger partial charge in [0.25, 0.3) is 11.5 Å². The summed E-state index contributed by atoms with van der Waals surface area (Å²) in [5.74, 6) is -0.315. The van der Waals surface area contributed by atoms with Crippen LogP contribution in [0.1, 0.15) is 17.3 Å². The second-order valence-electron chi connectivity index (χ2n) is 6.17.